The highest BCUT2D eigenvalue weighted by Gasteiger charge is 2.24. The summed E-state index contributed by atoms with van der Waals surface area (Å²) >= 11 is 1.40. The normalized spacial score (nSPS) is 15.3. The number of amides is 1. The van der Waals surface area contributed by atoms with Crippen LogP contribution in [0, 0.1) is 6.92 Å². The first-order chi connectivity index (χ1) is 13.0. The van der Waals surface area contributed by atoms with Crippen molar-refractivity contribution in [2.24, 2.45) is 0 Å². The van der Waals surface area contributed by atoms with E-state index >= 15 is 0 Å². The van der Waals surface area contributed by atoms with Crippen LogP contribution in [0.3, 0.4) is 0 Å². The van der Waals surface area contributed by atoms with Crippen LogP contribution in [-0.2, 0) is 9.53 Å². The minimum absolute atomic E-state index is 0.199. The number of carbonyl (C=O) groups is 2. The number of hydrogen-bond acceptors (Lipinski definition) is 5. The number of benzene rings is 1. The Hall–Kier alpha value is -2.34. The highest BCUT2D eigenvalue weighted by molar-refractivity contribution is 7.99. The fraction of sp³-hybridized carbons (Fsp3) is 0.381. The Kier molecular flexibility index (Phi) is 6.50. The molecule has 6 heteroatoms. The third-order valence-corrected chi connectivity index (χ3v) is 5.61. The fourth-order valence-electron chi connectivity index (χ4n) is 3.01. The van der Waals surface area contributed by atoms with E-state index in [1.807, 2.05) is 31.2 Å². The van der Waals surface area contributed by atoms with Crippen molar-refractivity contribution < 1.29 is 14.3 Å². The minimum Gasteiger partial charge on any atom is -0.449 e. The molecule has 0 saturated heterocycles. The predicted octanol–water partition coefficient (Wildman–Crippen LogP) is 4.15. The second-order valence-corrected chi connectivity index (χ2v) is 7.87. The van der Waals surface area contributed by atoms with Crippen LogP contribution in [0.1, 0.15) is 48.5 Å². The number of carbonyl (C=O) groups excluding carboxylic acids is 2. The lowest BCUT2D eigenvalue weighted by Crippen LogP contribution is -2.40. The first-order valence-electron chi connectivity index (χ1n) is 9.24. The molecule has 0 bridgehead atoms. The van der Waals surface area contributed by atoms with E-state index in [9.17, 15) is 9.59 Å². The minimum atomic E-state index is -0.837. The van der Waals surface area contributed by atoms with Gasteiger partial charge in [0, 0.05) is 17.1 Å². The van der Waals surface area contributed by atoms with Crippen LogP contribution in [-0.4, -0.2) is 29.0 Å². The molecule has 1 aliphatic rings. The number of rotatable bonds is 6. The molecule has 27 heavy (non-hydrogen) atoms. The average molecular weight is 385 g/mol. The van der Waals surface area contributed by atoms with Crippen molar-refractivity contribution in [3.05, 3.63) is 53.7 Å². The van der Waals surface area contributed by atoms with Gasteiger partial charge in [-0.2, -0.15) is 0 Å². The van der Waals surface area contributed by atoms with Gasteiger partial charge < -0.3 is 10.1 Å². The van der Waals surface area contributed by atoms with Gasteiger partial charge in [-0.25, -0.2) is 9.78 Å². The fourth-order valence-corrected chi connectivity index (χ4v) is 3.88. The van der Waals surface area contributed by atoms with Crippen LogP contribution in [0.25, 0.3) is 0 Å². The van der Waals surface area contributed by atoms with Crippen LogP contribution < -0.4 is 5.32 Å². The van der Waals surface area contributed by atoms with Crippen molar-refractivity contribution in [3.8, 4) is 0 Å². The summed E-state index contributed by atoms with van der Waals surface area (Å²) in [7, 11) is 0. The Balaban J connectivity index is 1.65. The zero-order chi connectivity index (χ0) is 19.2. The smallest absolute Gasteiger partial charge is 0.341 e. The summed E-state index contributed by atoms with van der Waals surface area (Å²) in [6.45, 7) is 3.63. The Morgan fingerprint density at radius 1 is 1.19 bits per heavy atom. The van der Waals surface area contributed by atoms with Gasteiger partial charge in [0.2, 0.25) is 0 Å². The molecule has 0 unspecified atom stereocenters. The highest BCUT2D eigenvalue weighted by Crippen LogP contribution is 2.29. The second kappa shape index (κ2) is 9.04. The van der Waals surface area contributed by atoms with E-state index in [0.29, 0.717) is 10.6 Å². The van der Waals surface area contributed by atoms with Gasteiger partial charge in [-0.05, 0) is 51.0 Å². The van der Waals surface area contributed by atoms with Crippen molar-refractivity contribution >= 4 is 23.6 Å². The molecule has 142 valence electrons. The summed E-state index contributed by atoms with van der Waals surface area (Å²) in [5.74, 6) is -0.779. The van der Waals surface area contributed by atoms with E-state index in [1.165, 1.54) is 17.3 Å². The maximum atomic E-state index is 12.6. The first kappa shape index (κ1) is 19.4. The topological polar surface area (TPSA) is 68.3 Å². The molecule has 1 aliphatic carbocycles. The Bertz CT molecular complexity index is 801. The van der Waals surface area contributed by atoms with Crippen LogP contribution in [0.2, 0.25) is 0 Å². The van der Waals surface area contributed by atoms with E-state index in [2.05, 4.69) is 10.3 Å². The van der Waals surface area contributed by atoms with Gasteiger partial charge in [0.25, 0.3) is 5.91 Å². The SMILES string of the molecule is Cc1ccc(Sc2ncccc2C(=O)O[C@@H](C)C(=O)NC2CCCC2)cc1. The van der Waals surface area contributed by atoms with Crippen molar-refractivity contribution in [3.63, 3.8) is 0 Å². The molecule has 2 aromatic rings. The molecule has 0 spiro atoms. The molecule has 1 heterocycles. The molecule has 1 aromatic heterocycles. The molecule has 0 radical (unpaired) electrons. The molecular weight excluding hydrogens is 360 g/mol. The monoisotopic (exact) mass is 384 g/mol. The first-order valence-corrected chi connectivity index (χ1v) is 10.1. The van der Waals surface area contributed by atoms with E-state index in [0.717, 1.165) is 30.6 Å². The Labute approximate surface area is 163 Å². The molecule has 1 aromatic carbocycles. The number of nitrogens with one attached hydrogen (secondary N) is 1. The van der Waals surface area contributed by atoms with Crippen LogP contribution in [0.15, 0.2) is 52.5 Å². The van der Waals surface area contributed by atoms with Gasteiger partial charge in [0.1, 0.15) is 5.03 Å². The summed E-state index contributed by atoms with van der Waals surface area (Å²) in [6.07, 6.45) is 5.06. The molecule has 1 N–H and O–H groups in total. The van der Waals surface area contributed by atoms with Gasteiger partial charge in [-0.3, -0.25) is 4.79 Å². The molecule has 1 fully saturated rings. The van der Waals surface area contributed by atoms with Gasteiger partial charge in [0.15, 0.2) is 6.10 Å². The van der Waals surface area contributed by atoms with E-state index in [4.69, 9.17) is 4.74 Å². The quantitative estimate of drug-likeness (QED) is 0.758. The van der Waals surface area contributed by atoms with E-state index in [1.54, 1.807) is 25.3 Å². The number of hydrogen-bond donors (Lipinski definition) is 1. The van der Waals surface area contributed by atoms with Crippen LogP contribution in [0.4, 0.5) is 0 Å². The molecular formula is C21H24N2O3S. The van der Waals surface area contributed by atoms with Gasteiger partial charge in [-0.1, -0.05) is 42.3 Å². The van der Waals surface area contributed by atoms with Crippen molar-refractivity contribution in [1.29, 1.82) is 0 Å². The Morgan fingerprint density at radius 3 is 2.59 bits per heavy atom. The van der Waals surface area contributed by atoms with Crippen LogP contribution in [0.5, 0.6) is 0 Å². The number of esters is 1. The lowest BCUT2D eigenvalue weighted by molar-refractivity contribution is -0.129. The maximum Gasteiger partial charge on any atom is 0.341 e. The standard InChI is InChI=1S/C21H24N2O3S/c1-14-9-11-17(12-10-14)27-20-18(8-5-13-22-20)21(25)26-15(2)19(24)23-16-6-3-4-7-16/h5,8-13,15-16H,3-4,6-7H2,1-2H3,(H,23,24)/t15-/m0/s1. The maximum absolute atomic E-state index is 12.6. The van der Waals surface area contributed by atoms with Crippen molar-refractivity contribution in [1.82, 2.24) is 10.3 Å². The zero-order valence-corrected chi connectivity index (χ0v) is 16.4. The largest absolute Gasteiger partial charge is 0.449 e. The van der Waals surface area contributed by atoms with Crippen molar-refractivity contribution in [2.75, 3.05) is 0 Å². The number of aryl methyl sites for hydroxylation is 1. The van der Waals surface area contributed by atoms with Gasteiger partial charge in [0.05, 0.1) is 5.56 Å². The molecule has 1 saturated carbocycles. The number of aromatic nitrogens is 1. The van der Waals surface area contributed by atoms with Gasteiger partial charge in [-0.15, -0.1) is 0 Å². The third-order valence-electron chi connectivity index (χ3n) is 4.58. The number of nitrogens with zero attached hydrogens (tertiary/aromatic N) is 1. The summed E-state index contributed by atoms with van der Waals surface area (Å²) in [5.41, 5.74) is 1.53. The molecule has 0 aliphatic heterocycles. The highest BCUT2D eigenvalue weighted by atomic mass is 32.2. The summed E-state index contributed by atoms with van der Waals surface area (Å²) in [5, 5.41) is 3.52. The van der Waals surface area contributed by atoms with Crippen molar-refractivity contribution in [2.45, 2.75) is 61.6 Å². The molecule has 1 amide bonds. The Morgan fingerprint density at radius 2 is 1.89 bits per heavy atom. The van der Waals surface area contributed by atoms with E-state index < -0.39 is 12.1 Å². The second-order valence-electron chi connectivity index (χ2n) is 6.81. The number of pyridine rings is 1. The summed E-state index contributed by atoms with van der Waals surface area (Å²) < 4.78 is 5.40. The third kappa shape index (κ3) is 5.32. The lowest BCUT2D eigenvalue weighted by Gasteiger charge is -2.17. The average Bonchev–Trinajstić information content (AvgIpc) is 3.17. The summed E-state index contributed by atoms with van der Waals surface area (Å²) in [4.78, 5) is 30.2. The van der Waals surface area contributed by atoms with Crippen LogP contribution >= 0.6 is 11.8 Å². The van der Waals surface area contributed by atoms with Gasteiger partial charge >= 0.3 is 5.97 Å². The predicted molar refractivity (Wildman–Crippen MR) is 105 cm³/mol. The molecule has 5 nitrogen and oxygen atoms in total. The lowest BCUT2D eigenvalue weighted by atomic mass is 10.2. The molecule has 1 atom stereocenters. The molecule has 3 rings (SSSR count). The zero-order valence-electron chi connectivity index (χ0n) is 15.6. The summed E-state index contributed by atoms with van der Waals surface area (Å²) in [6, 6.07) is 11.6. The van der Waals surface area contributed by atoms with E-state index in [-0.39, 0.29) is 11.9 Å². The number of ether oxygens (including phenoxy) is 1.